The number of amides is 1. The lowest BCUT2D eigenvalue weighted by molar-refractivity contribution is 0.101. The van der Waals surface area contributed by atoms with E-state index in [0.29, 0.717) is 33.1 Å². The fourth-order valence-corrected chi connectivity index (χ4v) is 4.48. The Balaban J connectivity index is 1.61. The molecule has 4 aromatic rings. The van der Waals surface area contributed by atoms with Gasteiger partial charge in [-0.15, -0.1) is 15.3 Å². The predicted molar refractivity (Wildman–Crippen MR) is 112 cm³/mol. The Morgan fingerprint density at radius 1 is 1.21 bits per heavy atom. The number of para-hydroxylation sites is 1. The highest BCUT2D eigenvalue weighted by atomic mass is 35.5. The number of hydrogen-bond donors (Lipinski definition) is 1. The van der Waals surface area contributed by atoms with Crippen LogP contribution >= 0.6 is 45.9 Å². The molecule has 0 fully saturated rings. The lowest BCUT2D eigenvalue weighted by Gasteiger charge is -2.08. The van der Waals surface area contributed by atoms with Gasteiger partial charge in [0.1, 0.15) is 16.5 Å². The number of rotatable bonds is 5. The molecule has 0 radical (unpaired) electrons. The molecule has 0 saturated carbocycles. The summed E-state index contributed by atoms with van der Waals surface area (Å²) in [5, 5.41) is 21.0. The molecule has 1 amide bonds. The Hall–Kier alpha value is -2.33. The van der Waals surface area contributed by atoms with E-state index in [0.717, 1.165) is 10.6 Å². The Bertz CT molecular complexity index is 1120. The summed E-state index contributed by atoms with van der Waals surface area (Å²) >= 11 is 15.4. The molecule has 11 heteroatoms. The number of hydrogen-bond acceptors (Lipinski definition) is 7. The van der Waals surface area contributed by atoms with Crippen LogP contribution in [-0.4, -0.2) is 30.9 Å². The summed E-state index contributed by atoms with van der Waals surface area (Å²) in [7, 11) is 0. The van der Waals surface area contributed by atoms with E-state index in [1.807, 2.05) is 23.8 Å². The second kappa shape index (κ2) is 7.96. The topological polar surface area (TPSA) is 85.6 Å². The first-order valence-electron chi connectivity index (χ1n) is 8.14. The summed E-state index contributed by atoms with van der Waals surface area (Å²) in [6.07, 6.45) is 0.545. The van der Waals surface area contributed by atoms with Crippen LogP contribution in [0.5, 0.6) is 0 Å². The number of nitrogens with zero attached hydrogens (tertiary/aromatic N) is 5. The number of thiophene rings is 1. The maximum absolute atomic E-state index is 12.6. The first kappa shape index (κ1) is 19.0. The van der Waals surface area contributed by atoms with Crippen LogP contribution in [0.25, 0.3) is 16.3 Å². The maximum Gasteiger partial charge on any atom is 0.297 e. The zero-order valence-electron chi connectivity index (χ0n) is 14.4. The van der Waals surface area contributed by atoms with E-state index >= 15 is 0 Å². The number of benzene rings is 1. The van der Waals surface area contributed by atoms with Crippen molar-refractivity contribution in [1.29, 1.82) is 0 Å². The highest BCUT2D eigenvalue weighted by Gasteiger charge is 2.21. The van der Waals surface area contributed by atoms with Crippen LogP contribution in [0.3, 0.4) is 0 Å². The number of halogens is 2. The minimum absolute atomic E-state index is 0.000111. The van der Waals surface area contributed by atoms with E-state index in [-0.39, 0.29) is 5.82 Å². The Kier molecular flexibility index (Phi) is 5.40. The van der Waals surface area contributed by atoms with Crippen LogP contribution in [0.15, 0.2) is 35.0 Å². The van der Waals surface area contributed by atoms with Crippen molar-refractivity contribution in [1.82, 2.24) is 25.0 Å². The smallest absolute Gasteiger partial charge is 0.294 e. The normalized spacial score (nSPS) is 11.0. The molecule has 0 aliphatic heterocycles. The standard InChI is InChI=1S/C17H12Cl2N6OS2/c1-2-12-20-14(24-25(12)13-10(18)4-3-5-11(13)19)15(26)21-17-23-22-16(28-17)9-6-7-27-8-9/h3-8H,2H2,1H3,(H,21,23,26). The van der Waals surface area contributed by atoms with Gasteiger partial charge in [-0.25, -0.2) is 9.67 Å². The molecule has 1 N–H and O–H groups in total. The molecule has 28 heavy (non-hydrogen) atoms. The summed E-state index contributed by atoms with van der Waals surface area (Å²) in [6.45, 7) is 1.91. The molecule has 142 valence electrons. The van der Waals surface area contributed by atoms with Crippen LogP contribution in [0.4, 0.5) is 5.13 Å². The van der Waals surface area contributed by atoms with Crippen LogP contribution in [0.2, 0.25) is 10.0 Å². The van der Waals surface area contributed by atoms with Gasteiger partial charge in [-0.2, -0.15) is 11.3 Å². The van der Waals surface area contributed by atoms with Gasteiger partial charge < -0.3 is 0 Å². The van der Waals surface area contributed by atoms with Gasteiger partial charge in [-0.3, -0.25) is 10.1 Å². The average Bonchev–Trinajstić information content (AvgIpc) is 3.42. The summed E-state index contributed by atoms with van der Waals surface area (Å²) in [5.74, 6) is 0.0844. The quantitative estimate of drug-likeness (QED) is 0.463. The molecule has 4 rings (SSSR count). The fourth-order valence-electron chi connectivity index (χ4n) is 2.47. The molecule has 1 aromatic carbocycles. The van der Waals surface area contributed by atoms with Crippen LogP contribution in [-0.2, 0) is 6.42 Å². The predicted octanol–water partition coefficient (Wildman–Crippen LogP) is 4.97. The Morgan fingerprint density at radius 3 is 2.68 bits per heavy atom. The van der Waals surface area contributed by atoms with Crippen LogP contribution < -0.4 is 5.32 Å². The van der Waals surface area contributed by atoms with Crippen LogP contribution in [0, 0.1) is 0 Å². The Labute approximate surface area is 178 Å². The summed E-state index contributed by atoms with van der Waals surface area (Å²) < 4.78 is 1.50. The molecule has 3 aromatic heterocycles. The van der Waals surface area contributed by atoms with Gasteiger partial charge in [0.25, 0.3) is 5.91 Å². The largest absolute Gasteiger partial charge is 0.297 e. The van der Waals surface area contributed by atoms with E-state index in [9.17, 15) is 4.79 Å². The number of aromatic nitrogens is 5. The highest BCUT2D eigenvalue weighted by Crippen LogP contribution is 2.30. The van der Waals surface area contributed by atoms with Crippen molar-refractivity contribution in [3.05, 3.63) is 56.7 Å². The minimum atomic E-state index is -0.482. The van der Waals surface area contributed by atoms with Crippen molar-refractivity contribution in [3.8, 4) is 16.3 Å². The fraction of sp³-hybridized carbons (Fsp3) is 0.118. The van der Waals surface area contributed by atoms with Gasteiger partial charge in [-0.1, -0.05) is 47.5 Å². The number of anilines is 1. The van der Waals surface area contributed by atoms with Crippen molar-refractivity contribution < 1.29 is 4.79 Å². The zero-order chi connectivity index (χ0) is 19.7. The van der Waals surface area contributed by atoms with E-state index in [4.69, 9.17) is 23.2 Å². The molecule has 0 spiro atoms. The molecule has 0 aliphatic rings. The number of aryl methyl sites for hydroxylation is 1. The van der Waals surface area contributed by atoms with E-state index in [2.05, 4.69) is 25.6 Å². The number of carbonyl (C=O) groups excluding carboxylic acids is 1. The number of nitrogens with one attached hydrogen (secondary N) is 1. The first-order chi connectivity index (χ1) is 13.6. The number of carbonyl (C=O) groups is 1. The Morgan fingerprint density at radius 2 is 2.00 bits per heavy atom. The lowest BCUT2D eigenvalue weighted by Crippen LogP contribution is -2.14. The van der Waals surface area contributed by atoms with Crippen molar-refractivity contribution in [2.24, 2.45) is 0 Å². The monoisotopic (exact) mass is 450 g/mol. The van der Waals surface area contributed by atoms with E-state index in [1.165, 1.54) is 16.0 Å². The second-order valence-corrected chi connectivity index (χ2v) is 8.14. The highest BCUT2D eigenvalue weighted by molar-refractivity contribution is 7.19. The van der Waals surface area contributed by atoms with Gasteiger partial charge >= 0.3 is 0 Å². The third kappa shape index (κ3) is 3.66. The molecule has 0 atom stereocenters. The van der Waals surface area contributed by atoms with Gasteiger partial charge in [0.2, 0.25) is 11.0 Å². The molecule has 0 bridgehead atoms. The maximum atomic E-state index is 12.6. The molecule has 0 unspecified atom stereocenters. The summed E-state index contributed by atoms with van der Waals surface area (Å²) in [6, 6.07) is 7.10. The molecule has 7 nitrogen and oxygen atoms in total. The third-order valence-corrected chi connectivity index (χ3v) is 5.94. The molecular weight excluding hydrogens is 439 g/mol. The van der Waals surface area contributed by atoms with Crippen molar-refractivity contribution >= 4 is 56.9 Å². The minimum Gasteiger partial charge on any atom is -0.294 e. The second-order valence-electron chi connectivity index (χ2n) is 5.57. The van der Waals surface area contributed by atoms with E-state index in [1.54, 1.807) is 29.5 Å². The lowest BCUT2D eigenvalue weighted by atomic mass is 10.3. The van der Waals surface area contributed by atoms with Gasteiger partial charge in [0.05, 0.1) is 10.0 Å². The zero-order valence-corrected chi connectivity index (χ0v) is 17.5. The SMILES string of the molecule is CCc1nc(C(=O)Nc2nnc(-c3ccsc3)s2)nn1-c1c(Cl)cccc1Cl. The molecule has 0 aliphatic carbocycles. The van der Waals surface area contributed by atoms with Gasteiger partial charge in [0, 0.05) is 17.4 Å². The molecular formula is C17H12Cl2N6OS2. The van der Waals surface area contributed by atoms with Crippen molar-refractivity contribution in [3.63, 3.8) is 0 Å². The van der Waals surface area contributed by atoms with Crippen LogP contribution in [0.1, 0.15) is 23.4 Å². The van der Waals surface area contributed by atoms with Gasteiger partial charge in [0.15, 0.2) is 0 Å². The molecule has 0 saturated heterocycles. The summed E-state index contributed by atoms with van der Waals surface area (Å²) in [4.78, 5) is 16.9. The first-order valence-corrected chi connectivity index (χ1v) is 10.7. The van der Waals surface area contributed by atoms with E-state index < -0.39 is 5.91 Å². The van der Waals surface area contributed by atoms with Gasteiger partial charge in [-0.05, 0) is 23.6 Å². The van der Waals surface area contributed by atoms with Crippen molar-refractivity contribution in [2.75, 3.05) is 5.32 Å². The average molecular weight is 451 g/mol. The van der Waals surface area contributed by atoms with Crippen molar-refractivity contribution in [2.45, 2.75) is 13.3 Å². The third-order valence-electron chi connectivity index (χ3n) is 3.76. The molecule has 3 heterocycles. The summed E-state index contributed by atoms with van der Waals surface area (Å²) in [5.41, 5.74) is 1.46.